The normalized spacial score (nSPS) is 10.8. The lowest BCUT2D eigenvalue weighted by Gasteiger charge is -2.15. The van der Waals surface area contributed by atoms with E-state index in [1.807, 2.05) is 24.3 Å². The molecular weight excluding hydrogens is 308 g/mol. The Hall–Kier alpha value is -2.88. The third-order valence-corrected chi connectivity index (χ3v) is 3.95. The minimum Gasteiger partial charge on any atom is -0.352 e. The summed E-state index contributed by atoms with van der Waals surface area (Å²) in [6, 6.07) is 18.7. The number of benzene rings is 2. The van der Waals surface area contributed by atoms with E-state index in [4.69, 9.17) is 0 Å². The molecule has 0 radical (unpaired) electrons. The Morgan fingerprint density at radius 3 is 2.16 bits per heavy atom. The van der Waals surface area contributed by atoms with Crippen molar-refractivity contribution in [3.63, 3.8) is 0 Å². The number of hydrogen-bond acceptors (Lipinski definition) is 4. The predicted octanol–water partition coefficient (Wildman–Crippen LogP) is 5.32. The molecular formula is C21H24N4. The molecule has 0 saturated heterocycles. The molecule has 0 amide bonds. The van der Waals surface area contributed by atoms with Crippen LogP contribution in [0.15, 0.2) is 54.6 Å². The van der Waals surface area contributed by atoms with Crippen LogP contribution in [0.5, 0.6) is 0 Å². The molecule has 1 aromatic heterocycles. The first kappa shape index (κ1) is 17.0. The summed E-state index contributed by atoms with van der Waals surface area (Å²) in [5, 5.41) is 6.78. The van der Waals surface area contributed by atoms with Gasteiger partial charge in [0.1, 0.15) is 5.82 Å². The third-order valence-electron chi connectivity index (χ3n) is 3.95. The molecule has 0 aliphatic heterocycles. The lowest BCUT2D eigenvalue weighted by Crippen LogP contribution is -2.13. The highest BCUT2D eigenvalue weighted by atomic mass is 15.2. The summed E-state index contributed by atoms with van der Waals surface area (Å²) in [6.45, 7) is 8.36. The summed E-state index contributed by atoms with van der Waals surface area (Å²) >= 11 is 0. The maximum Gasteiger partial charge on any atom is 0.225 e. The standard InChI is InChI=1S/C21H24N4/c1-14(2)22-21-23-18(17-11-6-5-7-12-17)13-19(25-21)24-20-15(3)9-8-10-16(20)4/h5-14H,1-4H3,(H2,22,23,24,25). The molecule has 3 aromatic rings. The summed E-state index contributed by atoms with van der Waals surface area (Å²) in [5.74, 6) is 1.42. The zero-order chi connectivity index (χ0) is 17.8. The van der Waals surface area contributed by atoms with E-state index in [1.165, 1.54) is 11.1 Å². The van der Waals surface area contributed by atoms with Crippen LogP contribution < -0.4 is 10.6 Å². The van der Waals surface area contributed by atoms with Crippen LogP contribution in [-0.2, 0) is 0 Å². The van der Waals surface area contributed by atoms with Crippen LogP contribution in [-0.4, -0.2) is 16.0 Å². The van der Waals surface area contributed by atoms with E-state index >= 15 is 0 Å². The molecule has 128 valence electrons. The van der Waals surface area contributed by atoms with Crippen LogP contribution >= 0.6 is 0 Å². The average Bonchev–Trinajstić information content (AvgIpc) is 2.58. The van der Waals surface area contributed by atoms with Crippen molar-refractivity contribution in [2.75, 3.05) is 10.6 Å². The Morgan fingerprint density at radius 1 is 0.840 bits per heavy atom. The first-order valence-corrected chi connectivity index (χ1v) is 8.57. The number of anilines is 3. The molecule has 0 aliphatic carbocycles. The van der Waals surface area contributed by atoms with Crippen molar-refractivity contribution >= 4 is 17.5 Å². The molecule has 25 heavy (non-hydrogen) atoms. The Morgan fingerprint density at radius 2 is 1.52 bits per heavy atom. The second kappa shape index (κ2) is 7.34. The van der Waals surface area contributed by atoms with Gasteiger partial charge in [0.05, 0.1) is 5.69 Å². The van der Waals surface area contributed by atoms with Crippen molar-refractivity contribution in [1.82, 2.24) is 9.97 Å². The summed E-state index contributed by atoms with van der Waals surface area (Å²) in [4.78, 5) is 9.31. The molecule has 1 heterocycles. The number of aromatic nitrogens is 2. The van der Waals surface area contributed by atoms with Gasteiger partial charge in [-0.3, -0.25) is 0 Å². The van der Waals surface area contributed by atoms with E-state index < -0.39 is 0 Å². The van der Waals surface area contributed by atoms with Gasteiger partial charge in [-0.15, -0.1) is 0 Å². The molecule has 0 unspecified atom stereocenters. The zero-order valence-electron chi connectivity index (χ0n) is 15.2. The van der Waals surface area contributed by atoms with Gasteiger partial charge in [-0.25, -0.2) is 4.98 Å². The van der Waals surface area contributed by atoms with Crippen molar-refractivity contribution in [3.8, 4) is 11.3 Å². The predicted molar refractivity (Wildman–Crippen MR) is 105 cm³/mol. The van der Waals surface area contributed by atoms with Gasteiger partial charge in [-0.1, -0.05) is 48.5 Å². The quantitative estimate of drug-likeness (QED) is 0.663. The Bertz CT molecular complexity index is 837. The smallest absolute Gasteiger partial charge is 0.225 e. The third kappa shape index (κ3) is 4.15. The Labute approximate surface area is 149 Å². The van der Waals surface area contributed by atoms with Crippen molar-refractivity contribution in [3.05, 3.63) is 65.7 Å². The monoisotopic (exact) mass is 332 g/mol. The molecule has 0 saturated carbocycles. The van der Waals surface area contributed by atoms with Crippen molar-refractivity contribution < 1.29 is 0 Å². The summed E-state index contributed by atoms with van der Waals surface area (Å²) in [7, 11) is 0. The molecule has 4 heteroatoms. The maximum absolute atomic E-state index is 4.67. The maximum atomic E-state index is 4.67. The summed E-state index contributed by atoms with van der Waals surface area (Å²) in [5.41, 5.74) is 5.45. The Balaban J connectivity index is 2.03. The molecule has 4 nitrogen and oxygen atoms in total. The van der Waals surface area contributed by atoms with E-state index in [1.54, 1.807) is 0 Å². The number of nitrogens with one attached hydrogen (secondary N) is 2. The van der Waals surface area contributed by atoms with E-state index in [2.05, 4.69) is 78.6 Å². The summed E-state index contributed by atoms with van der Waals surface area (Å²) in [6.07, 6.45) is 0. The van der Waals surface area contributed by atoms with Crippen molar-refractivity contribution in [1.29, 1.82) is 0 Å². The molecule has 2 aromatic carbocycles. The van der Waals surface area contributed by atoms with Gasteiger partial charge < -0.3 is 10.6 Å². The molecule has 0 fully saturated rings. The van der Waals surface area contributed by atoms with Crippen LogP contribution in [0.2, 0.25) is 0 Å². The van der Waals surface area contributed by atoms with Crippen LogP contribution in [0.1, 0.15) is 25.0 Å². The molecule has 0 aliphatic rings. The van der Waals surface area contributed by atoms with E-state index in [-0.39, 0.29) is 6.04 Å². The van der Waals surface area contributed by atoms with Crippen molar-refractivity contribution in [2.24, 2.45) is 0 Å². The second-order valence-corrected chi connectivity index (χ2v) is 6.52. The fourth-order valence-electron chi connectivity index (χ4n) is 2.73. The average molecular weight is 332 g/mol. The van der Waals surface area contributed by atoms with Gasteiger partial charge in [0.25, 0.3) is 0 Å². The number of rotatable bonds is 5. The molecule has 0 atom stereocenters. The van der Waals surface area contributed by atoms with Crippen LogP contribution in [0.3, 0.4) is 0 Å². The largest absolute Gasteiger partial charge is 0.352 e. The molecule has 2 N–H and O–H groups in total. The zero-order valence-corrected chi connectivity index (χ0v) is 15.2. The lowest BCUT2D eigenvalue weighted by molar-refractivity contribution is 0.876. The molecule has 3 rings (SSSR count). The van der Waals surface area contributed by atoms with Crippen molar-refractivity contribution in [2.45, 2.75) is 33.7 Å². The fraction of sp³-hybridized carbons (Fsp3) is 0.238. The van der Waals surface area contributed by atoms with E-state index in [0.29, 0.717) is 5.95 Å². The SMILES string of the molecule is Cc1cccc(C)c1Nc1cc(-c2ccccc2)nc(NC(C)C)n1. The lowest BCUT2D eigenvalue weighted by atomic mass is 10.1. The van der Waals surface area contributed by atoms with E-state index in [0.717, 1.165) is 22.8 Å². The number of nitrogens with zero attached hydrogens (tertiary/aromatic N) is 2. The van der Waals surface area contributed by atoms with Gasteiger partial charge in [0, 0.05) is 23.4 Å². The highest BCUT2D eigenvalue weighted by molar-refractivity contribution is 5.70. The minimum absolute atomic E-state index is 0.263. The van der Waals surface area contributed by atoms with Gasteiger partial charge >= 0.3 is 0 Å². The number of aryl methyl sites for hydroxylation is 2. The van der Waals surface area contributed by atoms with Gasteiger partial charge in [-0.05, 0) is 38.8 Å². The summed E-state index contributed by atoms with van der Waals surface area (Å²) < 4.78 is 0. The van der Waals surface area contributed by atoms with E-state index in [9.17, 15) is 0 Å². The molecule has 0 spiro atoms. The van der Waals surface area contributed by atoms with Gasteiger partial charge in [0.15, 0.2) is 0 Å². The van der Waals surface area contributed by atoms with Crippen LogP contribution in [0.25, 0.3) is 11.3 Å². The van der Waals surface area contributed by atoms with Gasteiger partial charge in [0.2, 0.25) is 5.95 Å². The van der Waals surface area contributed by atoms with Gasteiger partial charge in [-0.2, -0.15) is 4.98 Å². The van der Waals surface area contributed by atoms with Crippen LogP contribution in [0, 0.1) is 13.8 Å². The minimum atomic E-state index is 0.263. The Kier molecular flexibility index (Phi) is 4.98. The number of para-hydroxylation sites is 1. The second-order valence-electron chi connectivity index (χ2n) is 6.52. The fourth-order valence-corrected chi connectivity index (χ4v) is 2.73. The van der Waals surface area contributed by atoms with Crippen LogP contribution in [0.4, 0.5) is 17.5 Å². The molecule has 0 bridgehead atoms. The number of hydrogen-bond donors (Lipinski definition) is 2. The first-order valence-electron chi connectivity index (χ1n) is 8.57. The highest BCUT2D eigenvalue weighted by Crippen LogP contribution is 2.27. The first-order chi connectivity index (χ1) is 12.0. The topological polar surface area (TPSA) is 49.8 Å². The highest BCUT2D eigenvalue weighted by Gasteiger charge is 2.10.